The van der Waals surface area contributed by atoms with Crippen LogP contribution in [0.15, 0.2) is 61.2 Å². The highest BCUT2D eigenvalue weighted by Crippen LogP contribution is 2.30. The van der Waals surface area contributed by atoms with Crippen molar-refractivity contribution in [1.29, 1.82) is 0 Å². The van der Waals surface area contributed by atoms with E-state index < -0.39 is 0 Å². The van der Waals surface area contributed by atoms with Crippen LogP contribution < -0.4 is 4.74 Å². The van der Waals surface area contributed by atoms with Crippen molar-refractivity contribution in [3.63, 3.8) is 0 Å². The van der Waals surface area contributed by atoms with Gasteiger partial charge in [0.2, 0.25) is 0 Å². The molecule has 0 N–H and O–H groups in total. The van der Waals surface area contributed by atoms with Gasteiger partial charge in [-0.25, -0.2) is 4.98 Å². The molecule has 0 radical (unpaired) electrons. The zero-order valence-electron chi connectivity index (χ0n) is 16.9. The molecule has 3 rings (SSSR count). The van der Waals surface area contributed by atoms with Crippen LogP contribution in [0.2, 0.25) is 10.0 Å². The minimum Gasteiger partial charge on any atom is -0.491 e. The van der Waals surface area contributed by atoms with Crippen LogP contribution in [0.4, 0.5) is 0 Å². The van der Waals surface area contributed by atoms with Crippen molar-refractivity contribution in [2.45, 2.75) is 38.8 Å². The van der Waals surface area contributed by atoms with E-state index in [0.717, 1.165) is 11.3 Å². The normalized spacial score (nSPS) is 12.7. The molecule has 0 saturated heterocycles. The molecule has 0 spiro atoms. The largest absolute Gasteiger partial charge is 0.491 e. The summed E-state index contributed by atoms with van der Waals surface area (Å²) in [6.45, 7) is 8.05. The monoisotopic (exact) mass is 432 g/mol. The lowest BCUT2D eigenvalue weighted by atomic mass is 9.87. The summed E-state index contributed by atoms with van der Waals surface area (Å²) in [6.07, 6.45) is 5.16. The molecule has 1 heterocycles. The molecule has 3 aromatic rings. The Kier molecular flexibility index (Phi) is 7.23. The van der Waals surface area contributed by atoms with Crippen LogP contribution in [0.3, 0.4) is 0 Å². The number of ether oxygens (including phenoxy) is 2. The van der Waals surface area contributed by atoms with Crippen molar-refractivity contribution in [1.82, 2.24) is 9.55 Å². The van der Waals surface area contributed by atoms with Crippen molar-refractivity contribution in [3.8, 4) is 5.75 Å². The molecule has 0 fully saturated rings. The molecular weight excluding hydrogens is 407 g/mol. The van der Waals surface area contributed by atoms with Crippen molar-refractivity contribution < 1.29 is 9.47 Å². The summed E-state index contributed by atoms with van der Waals surface area (Å²) >= 11 is 12.4. The molecular formula is C23H26Cl2N2O2. The van der Waals surface area contributed by atoms with E-state index in [1.54, 1.807) is 18.6 Å². The van der Waals surface area contributed by atoms with Crippen molar-refractivity contribution >= 4 is 23.2 Å². The number of aromatic nitrogens is 2. The maximum atomic E-state index is 6.40. The molecule has 1 aromatic heterocycles. The van der Waals surface area contributed by atoms with Crippen molar-refractivity contribution in [2.24, 2.45) is 0 Å². The number of hydrogen-bond donors (Lipinski definition) is 0. The second-order valence-corrected chi connectivity index (χ2v) is 8.75. The van der Waals surface area contributed by atoms with E-state index in [0.29, 0.717) is 29.8 Å². The van der Waals surface area contributed by atoms with Gasteiger partial charge in [-0.2, -0.15) is 0 Å². The van der Waals surface area contributed by atoms with E-state index >= 15 is 0 Å². The molecule has 0 amide bonds. The summed E-state index contributed by atoms with van der Waals surface area (Å²) in [5.74, 6) is 0.831. The van der Waals surface area contributed by atoms with E-state index in [4.69, 9.17) is 32.7 Å². The first kappa shape index (κ1) is 21.7. The molecule has 6 heteroatoms. The van der Waals surface area contributed by atoms with E-state index in [-0.39, 0.29) is 11.5 Å². The Morgan fingerprint density at radius 2 is 1.79 bits per heavy atom. The Morgan fingerprint density at radius 3 is 2.41 bits per heavy atom. The lowest BCUT2D eigenvalue weighted by Crippen LogP contribution is -2.16. The average molecular weight is 433 g/mol. The number of halogens is 2. The fraction of sp³-hybridized carbons (Fsp3) is 0.348. The summed E-state index contributed by atoms with van der Waals surface area (Å²) in [7, 11) is 0. The fourth-order valence-electron chi connectivity index (χ4n) is 2.99. The summed E-state index contributed by atoms with van der Waals surface area (Å²) in [4.78, 5) is 4.09. The van der Waals surface area contributed by atoms with Crippen molar-refractivity contribution in [3.05, 3.63) is 82.4 Å². The van der Waals surface area contributed by atoms with Crippen LogP contribution in [0, 0.1) is 0 Å². The van der Waals surface area contributed by atoms with Crippen LogP contribution >= 0.6 is 23.2 Å². The minimum atomic E-state index is -0.235. The third-order valence-electron chi connectivity index (χ3n) is 4.64. The summed E-state index contributed by atoms with van der Waals surface area (Å²) in [6, 6.07) is 13.7. The average Bonchev–Trinajstić information content (AvgIpc) is 3.17. The second-order valence-electron chi connectivity index (χ2n) is 7.91. The number of imidazole rings is 1. The van der Waals surface area contributed by atoms with Gasteiger partial charge in [-0.3, -0.25) is 0 Å². The smallest absolute Gasteiger partial charge is 0.119 e. The highest BCUT2D eigenvalue weighted by Gasteiger charge is 2.17. The molecule has 0 aliphatic carbocycles. The quantitative estimate of drug-likeness (QED) is 0.390. The number of benzene rings is 2. The SMILES string of the molecule is CC(C)(C)c1ccc(OCCOC(Cn2ccnc2)c2ccc(Cl)cc2Cl)cc1. The first-order valence-corrected chi connectivity index (χ1v) is 10.3. The van der Waals surface area contributed by atoms with Gasteiger partial charge in [0.25, 0.3) is 0 Å². The third kappa shape index (κ3) is 6.23. The number of nitrogens with zero attached hydrogens (tertiary/aromatic N) is 2. The van der Waals surface area contributed by atoms with Gasteiger partial charge in [0, 0.05) is 28.0 Å². The number of rotatable bonds is 8. The molecule has 1 atom stereocenters. The molecule has 0 aliphatic heterocycles. The summed E-state index contributed by atoms with van der Waals surface area (Å²) in [5.41, 5.74) is 2.29. The zero-order valence-corrected chi connectivity index (χ0v) is 18.5. The standard InChI is InChI=1S/C23H26Cl2N2O2/c1-23(2,3)17-4-7-19(8-5-17)28-12-13-29-22(15-27-11-10-26-16-27)20-9-6-18(24)14-21(20)25/h4-11,14,16,22H,12-13,15H2,1-3H3. The Hall–Kier alpha value is -2.01. The molecule has 4 nitrogen and oxygen atoms in total. The van der Waals surface area contributed by atoms with Crippen LogP contribution in [-0.2, 0) is 16.7 Å². The molecule has 2 aromatic carbocycles. The molecule has 0 aliphatic rings. The predicted molar refractivity (Wildman–Crippen MR) is 118 cm³/mol. The molecule has 0 bridgehead atoms. The Balaban J connectivity index is 1.60. The van der Waals surface area contributed by atoms with Crippen LogP contribution in [0.25, 0.3) is 0 Å². The minimum absolute atomic E-state index is 0.125. The van der Waals surface area contributed by atoms with Crippen LogP contribution in [0.1, 0.15) is 38.0 Å². The second kappa shape index (κ2) is 9.66. The van der Waals surface area contributed by atoms with Gasteiger partial charge in [0.1, 0.15) is 18.5 Å². The highest BCUT2D eigenvalue weighted by atomic mass is 35.5. The van der Waals surface area contributed by atoms with E-state index in [9.17, 15) is 0 Å². The van der Waals surface area contributed by atoms with E-state index in [2.05, 4.69) is 37.9 Å². The van der Waals surface area contributed by atoms with Gasteiger partial charge in [0.05, 0.1) is 19.5 Å². The van der Waals surface area contributed by atoms with Gasteiger partial charge >= 0.3 is 0 Å². The van der Waals surface area contributed by atoms with Crippen LogP contribution in [0.5, 0.6) is 5.75 Å². The lowest BCUT2D eigenvalue weighted by molar-refractivity contribution is 0.0227. The first-order chi connectivity index (χ1) is 13.8. The molecule has 1 unspecified atom stereocenters. The van der Waals surface area contributed by atoms with Crippen LogP contribution in [-0.4, -0.2) is 22.8 Å². The van der Waals surface area contributed by atoms with Gasteiger partial charge in [0.15, 0.2) is 0 Å². The molecule has 0 saturated carbocycles. The van der Waals surface area contributed by atoms with Gasteiger partial charge in [-0.15, -0.1) is 0 Å². The maximum absolute atomic E-state index is 6.40. The van der Waals surface area contributed by atoms with Gasteiger partial charge in [-0.1, -0.05) is 62.2 Å². The van der Waals surface area contributed by atoms with Gasteiger partial charge < -0.3 is 14.0 Å². The van der Waals surface area contributed by atoms with E-state index in [1.807, 2.05) is 35.0 Å². The van der Waals surface area contributed by atoms with E-state index in [1.165, 1.54) is 5.56 Å². The summed E-state index contributed by atoms with van der Waals surface area (Å²) < 4.78 is 13.9. The predicted octanol–water partition coefficient (Wildman–Crippen LogP) is 6.32. The van der Waals surface area contributed by atoms with Crippen molar-refractivity contribution in [2.75, 3.05) is 13.2 Å². The maximum Gasteiger partial charge on any atom is 0.119 e. The molecule has 29 heavy (non-hydrogen) atoms. The lowest BCUT2D eigenvalue weighted by Gasteiger charge is -2.21. The highest BCUT2D eigenvalue weighted by molar-refractivity contribution is 6.35. The third-order valence-corrected chi connectivity index (χ3v) is 5.20. The topological polar surface area (TPSA) is 36.3 Å². The Labute approximate surface area is 182 Å². The number of hydrogen-bond acceptors (Lipinski definition) is 3. The zero-order chi connectivity index (χ0) is 20.9. The van der Waals surface area contributed by atoms with Gasteiger partial charge in [-0.05, 0) is 35.2 Å². The summed E-state index contributed by atoms with van der Waals surface area (Å²) in [5, 5.41) is 1.18. The molecule has 154 valence electrons. The fourth-order valence-corrected chi connectivity index (χ4v) is 3.52. The Bertz CT molecular complexity index is 904. The first-order valence-electron chi connectivity index (χ1n) is 9.58. The Morgan fingerprint density at radius 1 is 1.03 bits per heavy atom.